The van der Waals surface area contributed by atoms with Crippen LogP contribution in [0.3, 0.4) is 0 Å². The fourth-order valence-electron chi connectivity index (χ4n) is 5.73. The summed E-state index contributed by atoms with van der Waals surface area (Å²) in [6.45, 7) is 3.46. The molecule has 0 bridgehead atoms. The molecule has 0 aromatic rings. The number of aliphatic hydroxyl groups excluding tert-OH is 2. The maximum absolute atomic E-state index is 12.6. The van der Waals surface area contributed by atoms with E-state index in [-0.39, 0.29) is 19.6 Å². The Morgan fingerprint density at radius 1 is 0.585 bits per heavy atom. The summed E-state index contributed by atoms with van der Waals surface area (Å²) in [5, 5.41) is 18.3. The van der Waals surface area contributed by atoms with Crippen molar-refractivity contribution in [1.82, 2.24) is 0 Å². The highest BCUT2D eigenvalue weighted by atomic mass is 31.2. The van der Waals surface area contributed by atoms with Gasteiger partial charge in [-0.2, -0.15) is 0 Å². The van der Waals surface area contributed by atoms with Gasteiger partial charge in [0.2, 0.25) is 0 Å². The van der Waals surface area contributed by atoms with Crippen LogP contribution in [-0.2, 0) is 27.9 Å². The molecule has 0 aromatic carbocycles. The summed E-state index contributed by atoms with van der Waals surface area (Å²) in [6, 6.07) is 0. The Bertz CT molecular complexity index is 923. The van der Waals surface area contributed by atoms with Gasteiger partial charge in [-0.15, -0.1) is 0 Å². The summed E-state index contributed by atoms with van der Waals surface area (Å²) < 4.78 is 33.3. The Balaban J connectivity index is 4.21. The van der Waals surface area contributed by atoms with E-state index in [2.05, 4.69) is 50.3 Å². The Hall–Kier alpha value is -1.32. The first-order valence-electron chi connectivity index (χ1n) is 21.5. The van der Waals surface area contributed by atoms with Gasteiger partial charge in [0.15, 0.2) is 0 Å². The van der Waals surface area contributed by atoms with Crippen molar-refractivity contribution in [3.05, 3.63) is 36.5 Å². The van der Waals surface area contributed by atoms with Gasteiger partial charge in [-0.25, -0.2) is 4.57 Å². The number of phosphoric ester groups is 1. The molecular formula is C43H81O9P. The van der Waals surface area contributed by atoms with E-state index in [0.29, 0.717) is 13.0 Å². The summed E-state index contributed by atoms with van der Waals surface area (Å²) in [6.07, 6.45) is 42.4. The molecule has 0 spiro atoms. The highest BCUT2D eigenvalue weighted by molar-refractivity contribution is 7.47. The number of carbonyl (C=O) groups is 1. The van der Waals surface area contributed by atoms with Crippen molar-refractivity contribution in [1.29, 1.82) is 0 Å². The molecule has 0 aliphatic rings. The van der Waals surface area contributed by atoms with Gasteiger partial charge in [0.1, 0.15) is 12.2 Å². The average Bonchev–Trinajstić information content (AvgIpc) is 3.15. The van der Waals surface area contributed by atoms with E-state index in [1.165, 1.54) is 96.3 Å². The van der Waals surface area contributed by atoms with E-state index in [1.807, 2.05) is 0 Å². The zero-order valence-corrected chi connectivity index (χ0v) is 34.9. The normalized spacial score (nSPS) is 14.4. The van der Waals surface area contributed by atoms with Gasteiger partial charge in [0, 0.05) is 13.0 Å². The Kier molecular flexibility index (Phi) is 39.3. The number of unbranched alkanes of at least 4 members (excludes halogenated alkanes) is 21. The van der Waals surface area contributed by atoms with Gasteiger partial charge in [-0.05, 0) is 70.6 Å². The monoisotopic (exact) mass is 773 g/mol. The summed E-state index contributed by atoms with van der Waals surface area (Å²) in [4.78, 5) is 22.5. The fourth-order valence-corrected chi connectivity index (χ4v) is 6.52. The van der Waals surface area contributed by atoms with Gasteiger partial charge in [-0.3, -0.25) is 13.8 Å². The van der Waals surface area contributed by atoms with Gasteiger partial charge >= 0.3 is 13.8 Å². The van der Waals surface area contributed by atoms with Crippen LogP contribution in [0.15, 0.2) is 36.5 Å². The predicted octanol–water partition coefficient (Wildman–Crippen LogP) is 11.6. The van der Waals surface area contributed by atoms with E-state index >= 15 is 0 Å². The van der Waals surface area contributed by atoms with Crippen molar-refractivity contribution in [3.63, 3.8) is 0 Å². The van der Waals surface area contributed by atoms with Gasteiger partial charge < -0.3 is 24.6 Å². The van der Waals surface area contributed by atoms with Crippen LogP contribution in [0.5, 0.6) is 0 Å². The molecule has 0 aromatic heterocycles. The van der Waals surface area contributed by atoms with E-state index in [0.717, 1.165) is 64.2 Å². The van der Waals surface area contributed by atoms with E-state index in [9.17, 15) is 19.4 Å². The lowest BCUT2D eigenvalue weighted by Crippen LogP contribution is -2.29. The van der Waals surface area contributed by atoms with Crippen molar-refractivity contribution < 1.29 is 43.0 Å². The Morgan fingerprint density at radius 2 is 1.02 bits per heavy atom. The molecule has 0 aliphatic heterocycles. The molecule has 3 atom stereocenters. The maximum Gasteiger partial charge on any atom is 0.472 e. The Labute approximate surface area is 325 Å². The lowest BCUT2D eigenvalue weighted by Gasteiger charge is -2.20. The molecule has 3 N–H and O–H groups in total. The molecule has 0 aliphatic carbocycles. The van der Waals surface area contributed by atoms with Gasteiger partial charge in [0.25, 0.3) is 0 Å². The lowest BCUT2D eigenvalue weighted by molar-refractivity contribution is -0.154. The first-order chi connectivity index (χ1) is 25.8. The third kappa shape index (κ3) is 40.2. The quantitative estimate of drug-likeness (QED) is 0.0240. The predicted molar refractivity (Wildman–Crippen MR) is 219 cm³/mol. The smallest absolute Gasteiger partial charge is 0.457 e. The van der Waals surface area contributed by atoms with E-state index in [1.54, 1.807) is 0 Å². The van der Waals surface area contributed by atoms with Crippen LogP contribution in [-0.4, -0.2) is 66.3 Å². The molecule has 0 saturated carbocycles. The number of carbonyl (C=O) groups excluding carboxylic acids is 1. The molecule has 0 saturated heterocycles. The number of aliphatic hydroxyl groups is 2. The third-order valence-corrected chi connectivity index (χ3v) is 10.00. The number of allylic oxidation sites excluding steroid dienone is 6. The lowest BCUT2D eigenvalue weighted by atomic mass is 10.1. The van der Waals surface area contributed by atoms with Crippen molar-refractivity contribution in [2.45, 2.75) is 199 Å². The summed E-state index contributed by atoms with van der Waals surface area (Å²) in [5.74, 6) is -0.398. The number of rotatable bonds is 41. The van der Waals surface area contributed by atoms with E-state index in [4.69, 9.17) is 23.6 Å². The molecule has 0 heterocycles. The molecule has 9 nitrogen and oxygen atoms in total. The molecule has 0 radical (unpaired) electrons. The zero-order valence-electron chi connectivity index (χ0n) is 34.0. The summed E-state index contributed by atoms with van der Waals surface area (Å²) in [7, 11) is -4.52. The second-order valence-corrected chi connectivity index (χ2v) is 15.8. The van der Waals surface area contributed by atoms with Crippen molar-refractivity contribution >= 4 is 13.8 Å². The summed E-state index contributed by atoms with van der Waals surface area (Å²) >= 11 is 0. The first kappa shape index (κ1) is 51.7. The van der Waals surface area contributed by atoms with Gasteiger partial charge in [-0.1, -0.05) is 147 Å². The fraction of sp³-hybridized carbons (Fsp3) is 0.837. The minimum atomic E-state index is -4.52. The molecule has 312 valence electrons. The molecule has 10 heteroatoms. The van der Waals surface area contributed by atoms with Crippen molar-refractivity contribution in [2.24, 2.45) is 0 Å². The molecule has 0 rings (SSSR count). The second-order valence-electron chi connectivity index (χ2n) is 14.4. The number of hydrogen-bond donors (Lipinski definition) is 3. The van der Waals surface area contributed by atoms with Crippen LogP contribution in [0.25, 0.3) is 0 Å². The van der Waals surface area contributed by atoms with E-state index < -0.39 is 39.2 Å². The topological polar surface area (TPSA) is 132 Å². The molecule has 53 heavy (non-hydrogen) atoms. The van der Waals surface area contributed by atoms with Crippen molar-refractivity contribution in [3.8, 4) is 0 Å². The molecule has 0 fully saturated rings. The number of ether oxygens (including phenoxy) is 2. The van der Waals surface area contributed by atoms with Crippen LogP contribution < -0.4 is 0 Å². The molecule has 3 unspecified atom stereocenters. The average molecular weight is 773 g/mol. The van der Waals surface area contributed by atoms with Crippen LogP contribution in [0.2, 0.25) is 0 Å². The van der Waals surface area contributed by atoms with Crippen molar-refractivity contribution in [2.75, 3.05) is 33.0 Å². The maximum atomic E-state index is 12.6. The highest BCUT2D eigenvalue weighted by Gasteiger charge is 2.26. The van der Waals surface area contributed by atoms with Crippen LogP contribution in [0.4, 0.5) is 0 Å². The van der Waals surface area contributed by atoms with Crippen LogP contribution in [0.1, 0.15) is 187 Å². The van der Waals surface area contributed by atoms with Crippen LogP contribution in [0, 0.1) is 0 Å². The minimum absolute atomic E-state index is 0.0400. The molecular weight excluding hydrogens is 691 g/mol. The largest absolute Gasteiger partial charge is 0.472 e. The minimum Gasteiger partial charge on any atom is -0.457 e. The highest BCUT2D eigenvalue weighted by Crippen LogP contribution is 2.43. The zero-order chi connectivity index (χ0) is 38.9. The first-order valence-corrected chi connectivity index (χ1v) is 23.0. The van der Waals surface area contributed by atoms with Crippen LogP contribution >= 0.6 is 7.82 Å². The number of hydrogen-bond acceptors (Lipinski definition) is 8. The number of phosphoric acid groups is 1. The Morgan fingerprint density at radius 3 is 1.57 bits per heavy atom. The number of esters is 1. The SMILES string of the molecule is CCCCC/C=C\C/C=C\CCCCCCCC(=O)OC(COCCCCCCCC/C=C\CCCCCCCCC)COP(=O)(O)OCC(O)CO. The third-order valence-electron chi connectivity index (χ3n) is 9.05. The standard InChI is InChI=1S/C43H81O9P/c1-3-5-7-9-11-13-15-17-19-20-22-24-26-28-30-32-34-36-49-39-42(40-51-53(47,48)50-38-41(45)37-44)52-43(46)35-33-31-29-27-25-23-21-18-16-14-12-10-8-6-4-2/h12,14,18-21,41-42,44-45H,3-11,13,15-17,22-40H2,1-2H3,(H,47,48)/b14-12-,20-19-,21-18-. The van der Waals surface area contributed by atoms with Gasteiger partial charge in [0.05, 0.1) is 26.4 Å². The molecule has 0 amide bonds. The second kappa shape index (κ2) is 40.3. The summed E-state index contributed by atoms with van der Waals surface area (Å²) in [5.41, 5.74) is 0.